The zero-order valence-corrected chi connectivity index (χ0v) is 25.6. The number of pyridine rings is 2. The average molecular weight is 663 g/mol. The van der Waals surface area contributed by atoms with Crippen molar-refractivity contribution in [3.05, 3.63) is 106 Å². The van der Waals surface area contributed by atoms with Gasteiger partial charge >= 0.3 is 6.18 Å². The van der Waals surface area contributed by atoms with E-state index in [0.717, 1.165) is 16.6 Å². The van der Waals surface area contributed by atoms with Crippen LogP contribution >= 0.6 is 11.6 Å². The lowest BCUT2D eigenvalue weighted by atomic mass is 10.00. The molecule has 6 rings (SSSR count). The minimum Gasteiger partial charge on any atom is -0.377 e. The summed E-state index contributed by atoms with van der Waals surface area (Å²) in [5.41, 5.74) is 5.44. The van der Waals surface area contributed by atoms with Crippen molar-refractivity contribution < 1.29 is 18.9 Å². The Morgan fingerprint density at radius 2 is 1.91 bits per heavy atom. The Kier molecular flexibility index (Phi) is 8.18. The summed E-state index contributed by atoms with van der Waals surface area (Å²) in [6.07, 6.45) is -1.57. The standard InChI is InChI=1S/C33H28ClF4N9/c1-19-23(9-10-28(35)42-19)31(27-18-47(46-45-27)32(11-12-32)33(36,37)38)43-22-14-24-29(21(16-40)17-41-30(24)25(34)15-22)44-26(8-5-13-39)20-6-3-2-4-7-20/h2-4,6-7,9-10,14-15,17-18,26,31,43,45-46H,5,8,11-12H2,1H3,(H,41,44)/t26-,31-/m1/s1/i31D. The van der Waals surface area contributed by atoms with Crippen LogP contribution in [0, 0.1) is 35.5 Å². The molecule has 1 aliphatic carbocycles. The molecule has 2 aliphatic rings. The molecule has 2 aromatic heterocycles. The molecule has 2 atom stereocenters. The number of hydrogen-bond acceptors (Lipinski definition) is 9. The lowest BCUT2D eigenvalue weighted by Gasteiger charge is -2.28. The maximum absolute atomic E-state index is 14.1. The van der Waals surface area contributed by atoms with Gasteiger partial charge in [0, 0.05) is 41.1 Å². The van der Waals surface area contributed by atoms with Crippen molar-refractivity contribution in [1.82, 2.24) is 25.9 Å². The van der Waals surface area contributed by atoms with Crippen LogP contribution in [0.25, 0.3) is 10.9 Å². The van der Waals surface area contributed by atoms with E-state index in [4.69, 9.17) is 11.6 Å². The van der Waals surface area contributed by atoms with Gasteiger partial charge in [0.2, 0.25) is 5.95 Å². The monoisotopic (exact) mass is 662 g/mol. The fourth-order valence-corrected chi connectivity index (χ4v) is 5.90. The Morgan fingerprint density at radius 3 is 2.57 bits per heavy atom. The Balaban J connectivity index is 1.46. The summed E-state index contributed by atoms with van der Waals surface area (Å²) in [7, 11) is 0. The Labute approximate surface area is 274 Å². The second kappa shape index (κ2) is 12.6. The number of aromatic nitrogens is 2. The van der Waals surface area contributed by atoms with Crippen LogP contribution in [0.3, 0.4) is 0 Å². The summed E-state index contributed by atoms with van der Waals surface area (Å²) < 4.78 is 65.8. The van der Waals surface area contributed by atoms with Crippen LogP contribution in [0.4, 0.5) is 28.9 Å². The molecular formula is C33H28ClF4N9. The van der Waals surface area contributed by atoms with Crippen molar-refractivity contribution in [2.24, 2.45) is 0 Å². The van der Waals surface area contributed by atoms with Gasteiger partial charge < -0.3 is 16.1 Å². The molecule has 0 radical (unpaired) electrons. The summed E-state index contributed by atoms with van der Waals surface area (Å²) in [6, 6.07) is 16.8. The predicted molar refractivity (Wildman–Crippen MR) is 169 cm³/mol. The van der Waals surface area contributed by atoms with E-state index in [1.54, 1.807) is 6.07 Å². The van der Waals surface area contributed by atoms with E-state index in [2.05, 4.69) is 43.7 Å². The highest BCUT2D eigenvalue weighted by Crippen LogP contribution is 2.54. The molecule has 47 heavy (non-hydrogen) atoms. The number of nitriles is 2. The van der Waals surface area contributed by atoms with Crippen LogP contribution in [-0.4, -0.2) is 26.7 Å². The van der Waals surface area contributed by atoms with Gasteiger partial charge in [-0.3, -0.25) is 9.99 Å². The number of alkyl halides is 3. The maximum Gasteiger partial charge on any atom is 0.413 e. The van der Waals surface area contributed by atoms with E-state index in [1.165, 1.54) is 31.5 Å². The van der Waals surface area contributed by atoms with Crippen LogP contribution < -0.4 is 21.6 Å². The van der Waals surface area contributed by atoms with Crippen molar-refractivity contribution in [3.8, 4) is 12.1 Å². The zero-order chi connectivity index (χ0) is 34.3. The molecule has 0 bridgehead atoms. The maximum atomic E-state index is 14.1. The highest BCUT2D eigenvalue weighted by molar-refractivity contribution is 6.35. The number of rotatable bonds is 10. The minimum atomic E-state index is -4.54. The largest absolute Gasteiger partial charge is 0.413 e. The van der Waals surface area contributed by atoms with Crippen molar-refractivity contribution in [2.75, 3.05) is 10.6 Å². The topological polar surface area (TPSA) is 125 Å². The van der Waals surface area contributed by atoms with Crippen LogP contribution in [0.2, 0.25) is 5.02 Å². The van der Waals surface area contributed by atoms with E-state index in [0.29, 0.717) is 23.0 Å². The van der Waals surface area contributed by atoms with Gasteiger partial charge in [0.25, 0.3) is 0 Å². The summed E-state index contributed by atoms with van der Waals surface area (Å²) in [5, 5.41) is 27.4. The van der Waals surface area contributed by atoms with E-state index in [-0.39, 0.29) is 58.5 Å². The van der Waals surface area contributed by atoms with E-state index in [9.17, 15) is 29.5 Å². The molecule has 240 valence electrons. The lowest BCUT2D eigenvalue weighted by molar-refractivity contribution is -0.195. The summed E-state index contributed by atoms with van der Waals surface area (Å²) in [6.45, 7) is 1.49. The minimum absolute atomic E-state index is 0.0198. The molecule has 4 aromatic rings. The fraction of sp³-hybridized carbons (Fsp3) is 0.273. The molecule has 4 N–H and O–H groups in total. The second-order valence-corrected chi connectivity index (χ2v) is 11.7. The summed E-state index contributed by atoms with van der Waals surface area (Å²) >= 11 is 6.74. The Morgan fingerprint density at radius 1 is 1.15 bits per heavy atom. The molecule has 0 spiro atoms. The number of hydrazine groups is 2. The van der Waals surface area contributed by atoms with Crippen LogP contribution in [0.5, 0.6) is 0 Å². The molecule has 1 saturated carbocycles. The third-order valence-electron chi connectivity index (χ3n) is 8.25. The van der Waals surface area contributed by atoms with Crippen LogP contribution in [-0.2, 0) is 0 Å². The molecule has 14 heteroatoms. The quantitative estimate of drug-likeness (QED) is 0.101. The average Bonchev–Trinajstić information content (AvgIpc) is 3.73. The molecule has 1 aliphatic heterocycles. The van der Waals surface area contributed by atoms with Gasteiger partial charge in [-0.25, -0.2) is 4.98 Å². The summed E-state index contributed by atoms with van der Waals surface area (Å²) in [4.78, 5) is 8.26. The number of fused-ring (bicyclic) bond motifs is 1. The molecule has 2 aromatic carbocycles. The van der Waals surface area contributed by atoms with Crippen LogP contribution in [0.1, 0.15) is 61.5 Å². The smallest absolute Gasteiger partial charge is 0.377 e. The molecule has 0 amide bonds. The molecule has 1 fully saturated rings. The van der Waals surface area contributed by atoms with Gasteiger partial charge in [-0.05, 0) is 49.9 Å². The molecule has 3 heterocycles. The van der Waals surface area contributed by atoms with Crippen molar-refractivity contribution >= 4 is 33.9 Å². The molecular weight excluding hydrogens is 634 g/mol. The zero-order valence-electron chi connectivity index (χ0n) is 25.9. The second-order valence-electron chi connectivity index (χ2n) is 11.3. The number of benzene rings is 2. The van der Waals surface area contributed by atoms with E-state index >= 15 is 0 Å². The van der Waals surface area contributed by atoms with Crippen molar-refractivity contribution in [3.63, 3.8) is 0 Å². The SMILES string of the molecule is [2H][C@](Nc1cc(Cl)c2ncc(C#N)c(N[C@H](CCC#N)c3ccccc3)c2c1)(C1=CN(C2(C(F)(F)F)CC2)NN1)c1ccc(F)nc1C. The number of anilines is 2. The summed E-state index contributed by atoms with van der Waals surface area (Å²) in [5.74, 6) is -0.787. The highest BCUT2D eigenvalue weighted by Gasteiger charge is 2.67. The van der Waals surface area contributed by atoms with Gasteiger partial charge in [-0.2, -0.15) is 28.1 Å². The first kappa shape index (κ1) is 30.5. The first-order chi connectivity index (χ1) is 22.9. The number of nitrogens with one attached hydrogen (secondary N) is 4. The molecule has 0 unspecified atom stereocenters. The normalized spacial score (nSPS) is 17.4. The Hall–Kier alpha value is -5.11. The first-order valence-electron chi connectivity index (χ1n) is 15.1. The predicted octanol–water partition coefficient (Wildman–Crippen LogP) is 7.47. The van der Waals surface area contributed by atoms with Gasteiger partial charge in [-0.1, -0.05) is 48.0 Å². The fourth-order valence-electron chi connectivity index (χ4n) is 5.63. The lowest BCUT2D eigenvalue weighted by Crippen LogP contribution is -2.52. The van der Waals surface area contributed by atoms with Crippen molar-refractivity contribution in [1.29, 1.82) is 10.5 Å². The third kappa shape index (κ3) is 6.20. The Bertz CT molecular complexity index is 1990. The van der Waals surface area contributed by atoms with Gasteiger partial charge in [0.05, 0.1) is 47.0 Å². The van der Waals surface area contributed by atoms with E-state index in [1.807, 2.05) is 30.3 Å². The third-order valence-corrected chi connectivity index (χ3v) is 8.54. The number of halogens is 5. The number of nitrogens with zero attached hydrogens (tertiary/aromatic N) is 5. The number of aryl methyl sites for hydroxylation is 1. The van der Waals surface area contributed by atoms with Gasteiger partial charge in [-0.15, -0.1) is 5.53 Å². The highest BCUT2D eigenvalue weighted by atomic mass is 35.5. The number of hydrogen-bond donors (Lipinski definition) is 4. The van der Waals surface area contributed by atoms with Gasteiger partial charge in [0.1, 0.15) is 6.07 Å². The van der Waals surface area contributed by atoms with Gasteiger partial charge in [0.15, 0.2) is 5.54 Å². The van der Waals surface area contributed by atoms with Crippen LogP contribution in [0.15, 0.2) is 72.7 Å². The molecule has 9 nitrogen and oxygen atoms in total. The molecule has 0 saturated heterocycles. The van der Waals surface area contributed by atoms with E-state index < -0.39 is 23.7 Å². The van der Waals surface area contributed by atoms with Crippen molar-refractivity contribution in [2.45, 2.75) is 56.4 Å². The first-order valence-corrected chi connectivity index (χ1v) is 15.0.